The smallest absolute Gasteiger partial charge is 0.146 e. The van der Waals surface area contributed by atoms with Gasteiger partial charge in [0.05, 0.1) is 25.9 Å². The molecular formula is C31H34N2OPSi. The predicted octanol–water partition coefficient (Wildman–Crippen LogP) is 7.04. The van der Waals surface area contributed by atoms with Crippen LogP contribution in [0.1, 0.15) is 40.0 Å². The van der Waals surface area contributed by atoms with Gasteiger partial charge in [-0.25, -0.2) is 4.98 Å². The molecule has 0 saturated carbocycles. The van der Waals surface area contributed by atoms with E-state index in [-0.39, 0.29) is 0 Å². The van der Waals surface area contributed by atoms with Crippen LogP contribution in [0.4, 0.5) is 0 Å². The van der Waals surface area contributed by atoms with Gasteiger partial charge in [-0.3, -0.25) is 4.98 Å². The van der Waals surface area contributed by atoms with Gasteiger partial charge in [-0.2, -0.15) is 0 Å². The van der Waals surface area contributed by atoms with E-state index in [2.05, 4.69) is 80.4 Å². The largest absolute Gasteiger partial charge is 0.314 e. The lowest BCUT2D eigenvalue weighted by molar-refractivity contribution is 0.586. The van der Waals surface area contributed by atoms with Crippen LogP contribution in [0.25, 0.3) is 33.8 Å². The normalized spacial score (nSPS) is 16.2. The number of aromatic nitrogens is 2. The summed E-state index contributed by atoms with van der Waals surface area (Å²) in [5.74, 6) is 0. The molecule has 3 heterocycles. The first-order valence-corrected chi connectivity index (χ1v) is 17.0. The Morgan fingerprint density at radius 1 is 0.750 bits per heavy atom. The fraction of sp³-hybridized carbons (Fsp3) is 0.290. The quantitative estimate of drug-likeness (QED) is 0.180. The molecule has 0 aliphatic carbocycles. The minimum absolute atomic E-state index is 0.705. The van der Waals surface area contributed by atoms with Crippen molar-refractivity contribution >= 4 is 31.7 Å². The second kappa shape index (κ2) is 10.7. The molecular weight excluding hydrogens is 475 g/mol. The topological polar surface area (TPSA) is 42.9 Å². The van der Waals surface area contributed by atoms with E-state index in [4.69, 9.17) is 4.98 Å². The Kier molecular flexibility index (Phi) is 7.36. The van der Waals surface area contributed by atoms with Gasteiger partial charge in [0.25, 0.3) is 0 Å². The molecule has 1 aliphatic rings. The maximum atomic E-state index is 14.6. The highest BCUT2D eigenvalue weighted by Gasteiger charge is 2.41. The molecule has 183 valence electrons. The van der Waals surface area contributed by atoms with Crippen LogP contribution in [0, 0.1) is 0 Å². The summed E-state index contributed by atoms with van der Waals surface area (Å²) >= 11 is 0. The van der Waals surface area contributed by atoms with Gasteiger partial charge in [-0.15, -0.1) is 0 Å². The molecule has 1 unspecified atom stereocenters. The first kappa shape index (κ1) is 24.9. The van der Waals surface area contributed by atoms with Crippen LogP contribution >= 0.6 is 7.14 Å². The Morgan fingerprint density at radius 3 is 2.19 bits per heavy atom. The molecule has 0 amide bonds. The van der Waals surface area contributed by atoms with Crippen molar-refractivity contribution in [3.05, 3.63) is 79.0 Å². The highest BCUT2D eigenvalue weighted by molar-refractivity contribution is 7.80. The maximum absolute atomic E-state index is 14.6. The standard InChI is InChI=1S/C31H34N2OPSi/c1-4-19-35(34)27-14-10-15-29(36(20-5-2)21-6-3)30(27)31-28(35)17-16-26(33-31)24-12-9-11-23(22-24)25-13-7-8-18-32-25/h7-18,22H,4-6,19-21H2,1-3H3. The Morgan fingerprint density at radius 2 is 1.50 bits per heavy atom. The average Bonchev–Trinajstić information content (AvgIpc) is 3.17. The highest BCUT2D eigenvalue weighted by Crippen LogP contribution is 2.52. The van der Waals surface area contributed by atoms with Crippen molar-refractivity contribution in [2.45, 2.75) is 52.1 Å². The van der Waals surface area contributed by atoms with E-state index >= 15 is 0 Å². The zero-order chi connectivity index (χ0) is 25.1. The molecule has 36 heavy (non-hydrogen) atoms. The molecule has 0 fully saturated rings. The van der Waals surface area contributed by atoms with E-state index in [1.54, 1.807) is 0 Å². The number of rotatable bonds is 9. The van der Waals surface area contributed by atoms with E-state index in [0.717, 1.165) is 45.2 Å². The fourth-order valence-corrected chi connectivity index (χ4v) is 11.7. The Hall–Kier alpha value is -2.81. The predicted molar refractivity (Wildman–Crippen MR) is 156 cm³/mol. The lowest BCUT2D eigenvalue weighted by Crippen LogP contribution is -2.33. The van der Waals surface area contributed by atoms with Crippen molar-refractivity contribution in [2.75, 3.05) is 6.16 Å². The van der Waals surface area contributed by atoms with Gasteiger partial charge in [0.2, 0.25) is 0 Å². The monoisotopic (exact) mass is 509 g/mol. The average molecular weight is 510 g/mol. The molecule has 1 atom stereocenters. The number of hydrogen-bond acceptors (Lipinski definition) is 3. The fourth-order valence-electron chi connectivity index (χ4n) is 5.53. The minimum atomic E-state index is -2.68. The van der Waals surface area contributed by atoms with Crippen molar-refractivity contribution in [2.24, 2.45) is 0 Å². The van der Waals surface area contributed by atoms with Gasteiger partial charge in [0.15, 0.2) is 0 Å². The van der Waals surface area contributed by atoms with Crippen molar-refractivity contribution in [1.29, 1.82) is 0 Å². The number of nitrogens with zero attached hydrogens (tertiary/aromatic N) is 2. The van der Waals surface area contributed by atoms with Crippen molar-refractivity contribution < 1.29 is 4.57 Å². The number of hydrogen-bond donors (Lipinski definition) is 0. The summed E-state index contributed by atoms with van der Waals surface area (Å²) < 4.78 is 14.6. The Balaban J connectivity index is 1.68. The second-order valence-corrected chi connectivity index (χ2v) is 15.3. The summed E-state index contributed by atoms with van der Waals surface area (Å²) in [6, 6.07) is 27.6. The van der Waals surface area contributed by atoms with Crippen molar-refractivity contribution in [1.82, 2.24) is 9.97 Å². The molecule has 0 spiro atoms. The number of fused-ring (bicyclic) bond motifs is 3. The summed E-state index contributed by atoms with van der Waals surface area (Å²) in [7, 11) is -3.42. The van der Waals surface area contributed by atoms with E-state index < -0.39 is 15.9 Å². The Bertz CT molecular complexity index is 1410. The summed E-state index contributed by atoms with van der Waals surface area (Å²) in [5.41, 5.74) is 6.17. The van der Waals surface area contributed by atoms with Crippen LogP contribution in [0.15, 0.2) is 79.0 Å². The molecule has 1 aliphatic heterocycles. The number of benzene rings is 2. The van der Waals surface area contributed by atoms with Gasteiger partial charge < -0.3 is 4.57 Å². The first-order valence-electron chi connectivity index (χ1n) is 13.2. The van der Waals surface area contributed by atoms with Crippen molar-refractivity contribution in [3.63, 3.8) is 0 Å². The van der Waals surface area contributed by atoms with Crippen LogP contribution in [-0.2, 0) is 4.57 Å². The molecule has 1 radical (unpaired) electrons. The maximum Gasteiger partial charge on any atom is 0.146 e. The first-order chi connectivity index (χ1) is 17.6. The molecule has 0 saturated heterocycles. The summed E-state index contributed by atoms with van der Waals surface area (Å²) in [4.78, 5) is 9.79. The molecule has 5 rings (SSSR count). The van der Waals surface area contributed by atoms with Crippen LogP contribution < -0.4 is 15.8 Å². The zero-order valence-electron chi connectivity index (χ0n) is 21.5. The Labute approximate surface area is 217 Å². The summed E-state index contributed by atoms with van der Waals surface area (Å²) in [6.45, 7) is 6.70. The molecule has 5 heteroatoms. The molecule has 2 aromatic heterocycles. The number of pyridine rings is 2. The van der Waals surface area contributed by atoms with Crippen molar-refractivity contribution in [3.8, 4) is 33.8 Å². The van der Waals surface area contributed by atoms with Gasteiger partial charge in [0, 0.05) is 39.7 Å². The second-order valence-electron chi connectivity index (χ2n) is 9.63. The third-order valence-electron chi connectivity index (χ3n) is 7.07. The van der Waals surface area contributed by atoms with E-state index in [9.17, 15) is 4.57 Å². The SMILES string of the molecule is CCC[Si](CCC)c1cccc2c1-c1nc(-c3cccc(-c4ccccn4)c3)ccc1P2(=O)CCC. The van der Waals surface area contributed by atoms with E-state index in [1.807, 2.05) is 24.4 Å². The lowest BCUT2D eigenvalue weighted by Gasteiger charge is -2.19. The van der Waals surface area contributed by atoms with Crippen LogP contribution in [-0.4, -0.2) is 24.9 Å². The molecule has 0 bridgehead atoms. The van der Waals surface area contributed by atoms with Crippen LogP contribution in [0.5, 0.6) is 0 Å². The zero-order valence-corrected chi connectivity index (χ0v) is 23.4. The third-order valence-corrected chi connectivity index (χ3v) is 13.8. The van der Waals surface area contributed by atoms with Gasteiger partial charge in [-0.05, 0) is 36.8 Å². The van der Waals surface area contributed by atoms with E-state index in [0.29, 0.717) is 6.16 Å². The molecule has 0 N–H and O–H groups in total. The van der Waals surface area contributed by atoms with Gasteiger partial charge in [-0.1, -0.05) is 93.4 Å². The summed E-state index contributed by atoms with van der Waals surface area (Å²) in [6.07, 6.45) is 5.80. The molecule has 4 aromatic rings. The minimum Gasteiger partial charge on any atom is -0.314 e. The van der Waals surface area contributed by atoms with Gasteiger partial charge in [0.1, 0.15) is 7.14 Å². The van der Waals surface area contributed by atoms with E-state index in [1.165, 1.54) is 35.7 Å². The molecule has 2 aromatic carbocycles. The summed E-state index contributed by atoms with van der Waals surface area (Å²) in [5, 5.41) is 3.45. The third kappa shape index (κ3) is 4.42. The van der Waals surface area contributed by atoms with Gasteiger partial charge >= 0.3 is 0 Å². The lowest BCUT2D eigenvalue weighted by atomic mass is 10.0. The van der Waals surface area contributed by atoms with Crippen LogP contribution in [0.3, 0.4) is 0 Å². The highest BCUT2D eigenvalue weighted by atomic mass is 31.2. The van der Waals surface area contributed by atoms with Crippen LogP contribution in [0.2, 0.25) is 12.1 Å². The molecule has 3 nitrogen and oxygen atoms in total.